The van der Waals surface area contributed by atoms with Gasteiger partial charge in [0.05, 0.1) is 19.3 Å². The number of nitrogens with one attached hydrogen (secondary N) is 1. The number of ether oxygens (including phenoxy) is 1. The fraction of sp³-hybridized carbons (Fsp3) is 0.429. The third kappa shape index (κ3) is 3.77. The van der Waals surface area contributed by atoms with Crippen LogP contribution in [0.1, 0.15) is 52.0 Å². The van der Waals surface area contributed by atoms with Crippen LogP contribution >= 0.6 is 11.3 Å². The minimum Gasteiger partial charge on any atom is -0.492 e. The average molecular weight is 532 g/mol. The summed E-state index contributed by atoms with van der Waals surface area (Å²) in [6, 6.07) is 7.78. The molecule has 1 atom stereocenters. The number of aryl methyl sites for hydroxylation is 1. The van der Waals surface area contributed by atoms with E-state index in [1.54, 1.807) is 4.90 Å². The van der Waals surface area contributed by atoms with E-state index in [1.807, 2.05) is 41.5 Å². The van der Waals surface area contributed by atoms with Gasteiger partial charge in [0.2, 0.25) is 11.8 Å². The number of thiophene rings is 1. The number of nitrogens with zero attached hydrogens (tertiary/aromatic N) is 4. The minimum absolute atomic E-state index is 0.0394. The van der Waals surface area contributed by atoms with E-state index in [0.717, 1.165) is 49.4 Å². The van der Waals surface area contributed by atoms with Gasteiger partial charge < -0.3 is 9.64 Å². The summed E-state index contributed by atoms with van der Waals surface area (Å²) in [4.78, 5) is 43.9. The van der Waals surface area contributed by atoms with Crippen LogP contribution in [0.4, 0.5) is 0 Å². The van der Waals surface area contributed by atoms with Crippen LogP contribution in [-0.4, -0.2) is 63.0 Å². The number of benzene rings is 1. The lowest BCUT2D eigenvalue weighted by Gasteiger charge is -2.38. The first-order valence-corrected chi connectivity index (χ1v) is 14.0. The molecule has 7 rings (SSSR count). The van der Waals surface area contributed by atoms with Gasteiger partial charge in [-0.3, -0.25) is 29.3 Å². The van der Waals surface area contributed by atoms with Crippen LogP contribution in [0.25, 0.3) is 10.4 Å². The molecule has 1 unspecified atom stereocenters. The Balaban J connectivity index is 1.05. The largest absolute Gasteiger partial charge is 0.492 e. The summed E-state index contributed by atoms with van der Waals surface area (Å²) in [6.45, 7) is 3.89. The van der Waals surface area contributed by atoms with Crippen molar-refractivity contribution in [3.63, 3.8) is 0 Å². The number of likely N-dealkylation sites (tertiary alicyclic amines) is 1. The fourth-order valence-electron chi connectivity index (χ4n) is 6.42. The monoisotopic (exact) mass is 531 g/mol. The first kappa shape index (κ1) is 23.6. The first-order chi connectivity index (χ1) is 18.4. The van der Waals surface area contributed by atoms with Crippen molar-refractivity contribution < 1.29 is 19.1 Å². The maximum Gasteiger partial charge on any atom is 0.255 e. The second-order valence-corrected chi connectivity index (χ2v) is 12.1. The van der Waals surface area contributed by atoms with Gasteiger partial charge in [-0.15, -0.1) is 11.3 Å². The van der Waals surface area contributed by atoms with Crippen molar-refractivity contribution in [2.45, 2.75) is 50.2 Å². The Hall–Kier alpha value is -3.50. The summed E-state index contributed by atoms with van der Waals surface area (Å²) in [5.41, 5.74) is 3.82. The number of fused-ring (bicyclic) bond motifs is 4. The molecule has 3 amide bonds. The molecule has 0 saturated carbocycles. The summed E-state index contributed by atoms with van der Waals surface area (Å²) in [5, 5.41) is 6.66. The second-order valence-electron chi connectivity index (χ2n) is 10.9. The molecular formula is C28H29N5O4S. The zero-order chi connectivity index (χ0) is 26.0. The molecular weight excluding hydrogens is 502 g/mol. The normalized spacial score (nSPS) is 22.5. The van der Waals surface area contributed by atoms with Crippen LogP contribution in [0.3, 0.4) is 0 Å². The van der Waals surface area contributed by atoms with Crippen LogP contribution in [0.15, 0.2) is 36.7 Å². The highest BCUT2D eigenvalue weighted by Crippen LogP contribution is 2.49. The predicted octanol–water partition coefficient (Wildman–Crippen LogP) is 2.84. The van der Waals surface area contributed by atoms with Crippen LogP contribution in [-0.2, 0) is 35.1 Å². The number of piperidine rings is 2. The zero-order valence-corrected chi connectivity index (χ0v) is 22.1. The van der Waals surface area contributed by atoms with Crippen molar-refractivity contribution in [2.24, 2.45) is 7.05 Å². The molecule has 10 heteroatoms. The van der Waals surface area contributed by atoms with E-state index in [1.165, 1.54) is 15.3 Å². The van der Waals surface area contributed by atoms with E-state index in [0.29, 0.717) is 25.1 Å². The van der Waals surface area contributed by atoms with E-state index in [4.69, 9.17) is 4.74 Å². The van der Waals surface area contributed by atoms with Crippen LogP contribution in [0, 0.1) is 0 Å². The molecule has 0 radical (unpaired) electrons. The highest BCUT2D eigenvalue weighted by atomic mass is 32.1. The maximum absolute atomic E-state index is 13.2. The number of amides is 3. The number of hydrogen-bond acceptors (Lipinski definition) is 7. The lowest BCUT2D eigenvalue weighted by Crippen LogP contribution is -2.52. The van der Waals surface area contributed by atoms with E-state index < -0.39 is 6.04 Å². The number of rotatable bonds is 4. The Bertz CT molecular complexity index is 1470. The van der Waals surface area contributed by atoms with Crippen molar-refractivity contribution in [1.29, 1.82) is 0 Å². The van der Waals surface area contributed by atoms with Crippen LogP contribution in [0.2, 0.25) is 0 Å². The third-order valence-corrected chi connectivity index (χ3v) is 9.69. The van der Waals surface area contributed by atoms with Crippen molar-refractivity contribution in [3.05, 3.63) is 58.2 Å². The Morgan fingerprint density at radius 3 is 2.76 bits per heavy atom. The molecule has 38 heavy (non-hydrogen) atoms. The quantitative estimate of drug-likeness (QED) is 0.520. The summed E-state index contributed by atoms with van der Waals surface area (Å²) in [5.74, 6) is 0.0137. The summed E-state index contributed by atoms with van der Waals surface area (Å²) in [6.07, 6.45) is 6.58. The smallest absolute Gasteiger partial charge is 0.255 e. The molecule has 3 aromatic rings. The molecule has 4 aliphatic heterocycles. The molecule has 0 aliphatic carbocycles. The van der Waals surface area contributed by atoms with E-state index in [2.05, 4.69) is 33.5 Å². The van der Waals surface area contributed by atoms with Gasteiger partial charge in [0.25, 0.3) is 5.91 Å². The van der Waals surface area contributed by atoms with E-state index >= 15 is 0 Å². The van der Waals surface area contributed by atoms with Gasteiger partial charge in [-0.2, -0.15) is 5.10 Å². The lowest BCUT2D eigenvalue weighted by molar-refractivity contribution is -0.136. The number of aromatic nitrogens is 2. The predicted molar refractivity (Wildman–Crippen MR) is 141 cm³/mol. The Labute approximate surface area is 224 Å². The molecule has 1 aromatic carbocycles. The molecule has 1 N–H and O–H groups in total. The fourth-order valence-corrected chi connectivity index (χ4v) is 7.45. The Morgan fingerprint density at radius 1 is 1.16 bits per heavy atom. The number of imide groups is 1. The second kappa shape index (κ2) is 8.78. The molecule has 4 aliphatic rings. The summed E-state index contributed by atoms with van der Waals surface area (Å²) in [7, 11) is 1.94. The molecule has 2 aromatic heterocycles. The van der Waals surface area contributed by atoms with Gasteiger partial charge in [0, 0.05) is 63.6 Å². The Morgan fingerprint density at radius 2 is 2.00 bits per heavy atom. The molecule has 9 nitrogen and oxygen atoms in total. The van der Waals surface area contributed by atoms with Gasteiger partial charge in [0.1, 0.15) is 11.8 Å². The van der Waals surface area contributed by atoms with Gasteiger partial charge >= 0.3 is 0 Å². The number of carbonyl (C=O) groups excluding carboxylic acids is 3. The Kier molecular flexibility index (Phi) is 5.45. The SMILES string of the molecule is Cn1cc(-c2ccc(CN3CCC4(CC3)COc3c4ccc4c3CN(C3CCC(=O)NC3=O)C4=O)s2)cn1. The highest BCUT2D eigenvalue weighted by Gasteiger charge is 2.47. The highest BCUT2D eigenvalue weighted by molar-refractivity contribution is 7.15. The topological polar surface area (TPSA) is 96.8 Å². The summed E-state index contributed by atoms with van der Waals surface area (Å²) >= 11 is 1.83. The van der Waals surface area contributed by atoms with Gasteiger partial charge in [-0.05, 0) is 50.6 Å². The zero-order valence-electron chi connectivity index (χ0n) is 21.2. The van der Waals surface area contributed by atoms with E-state index in [9.17, 15) is 14.4 Å². The molecule has 1 spiro atoms. The third-order valence-electron chi connectivity index (χ3n) is 8.57. The number of hydrogen-bond donors (Lipinski definition) is 1. The van der Waals surface area contributed by atoms with Gasteiger partial charge in [0.15, 0.2) is 0 Å². The van der Waals surface area contributed by atoms with Crippen molar-refractivity contribution >= 4 is 29.1 Å². The van der Waals surface area contributed by atoms with Crippen LogP contribution in [0.5, 0.6) is 5.75 Å². The molecule has 2 saturated heterocycles. The maximum atomic E-state index is 13.2. The standard InChI is InChI=1S/C28H29N5O4S/c1-31-13-17(12-29-31)23-6-2-18(38-23)14-32-10-8-28(9-11-32)16-37-25-20-15-33(22-5-7-24(34)30-26(22)35)27(36)19(20)3-4-21(25)28/h2-4,6,12-13,22H,5,7-11,14-16H2,1H3,(H,30,34,35). The van der Waals surface area contributed by atoms with Gasteiger partial charge in [-0.1, -0.05) is 6.07 Å². The van der Waals surface area contributed by atoms with Crippen LogP contribution < -0.4 is 10.1 Å². The molecule has 196 valence electrons. The first-order valence-electron chi connectivity index (χ1n) is 13.1. The minimum atomic E-state index is -0.613. The van der Waals surface area contributed by atoms with Crippen molar-refractivity contribution in [2.75, 3.05) is 19.7 Å². The number of carbonyl (C=O) groups is 3. The average Bonchev–Trinajstić information content (AvgIpc) is 3.68. The van der Waals surface area contributed by atoms with Crippen molar-refractivity contribution in [1.82, 2.24) is 24.9 Å². The van der Waals surface area contributed by atoms with E-state index in [-0.39, 0.29) is 29.6 Å². The molecule has 2 fully saturated rings. The van der Waals surface area contributed by atoms with Crippen molar-refractivity contribution in [3.8, 4) is 16.2 Å². The summed E-state index contributed by atoms with van der Waals surface area (Å²) < 4.78 is 8.14. The molecule has 6 heterocycles. The molecule has 0 bridgehead atoms. The van der Waals surface area contributed by atoms with Gasteiger partial charge in [-0.25, -0.2) is 0 Å². The lowest BCUT2D eigenvalue weighted by atomic mass is 9.74.